The van der Waals surface area contributed by atoms with E-state index in [1.165, 1.54) is 21.6 Å². The molecule has 1 fully saturated rings. The van der Waals surface area contributed by atoms with Gasteiger partial charge in [-0.1, -0.05) is 15.9 Å². The molecule has 14 heteroatoms. The van der Waals surface area contributed by atoms with E-state index in [0.717, 1.165) is 30.3 Å². The second-order valence-electron chi connectivity index (χ2n) is 12.2. The Hall–Kier alpha value is -4.04. The van der Waals surface area contributed by atoms with E-state index in [0.29, 0.717) is 28.9 Å². The van der Waals surface area contributed by atoms with Gasteiger partial charge in [-0.3, -0.25) is 9.59 Å². The number of benzene rings is 1. The minimum atomic E-state index is -4.64. The minimum Gasteiger partial charge on any atom is -0.474 e. The first-order valence-electron chi connectivity index (χ1n) is 14.9. The summed E-state index contributed by atoms with van der Waals surface area (Å²) in [4.78, 5) is 40.8. The topological polar surface area (TPSA) is 98.4 Å². The van der Waals surface area contributed by atoms with Gasteiger partial charge in [0.05, 0.1) is 35.4 Å². The quantitative estimate of drug-likeness (QED) is 0.271. The summed E-state index contributed by atoms with van der Waals surface area (Å²) >= 11 is 2.93. The number of fused-ring (bicyclic) bond motifs is 1. The van der Waals surface area contributed by atoms with Crippen LogP contribution in [0.25, 0.3) is 11.6 Å². The fourth-order valence-corrected chi connectivity index (χ4v) is 6.44. The molecule has 0 spiro atoms. The third-order valence-corrected chi connectivity index (χ3v) is 9.33. The highest BCUT2D eigenvalue weighted by molar-refractivity contribution is 9.10. The van der Waals surface area contributed by atoms with Crippen molar-refractivity contribution in [2.45, 2.75) is 70.9 Å². The van der Waals surface area contributed by atoms with E-state index in [-0.39, 0.29) is 40.6 Å². The van der Waals surface area contributed by atoms with Gasteiger partial charge in [0.1, 0.15) is 6.10 Å². The average Bonchev–Trinajstić information content (AvgIpc) is 3.31. The molecule has 1 saturated carbocycles. The second-order valence-corrected chi connectivity index (χ2v) is 13.0. The van der Waals surface area contributed by atoms with E-state index in [1.54, 1.807) is 29.9 Å². The van der Waals surface area contributed by atoms with Gasteiger partial charge in [0.25, 0.3) is 11.5 Å². The molecule has 1 aliphatic carbocycles. The number of ether oxygens (including phenoxy) is 1. The molecule has 242 valence electrons. The van der Waals surface area contributed by atoms with E-state index in [9.17, 15) is 22.8 Å². The number of hydrogen-bond acceptors (Lipinski definition) is 7. The van der Waals surface area contributed by atoms with E-state index in [2.05, 4.69) is 30.9 Å². The lowest BCUT2D eigenvalue weighted by molar-refractivity contribution is -0.138. The maximum Gasteiger partial charge on any atom is 0.417 e. The molecular weight excluding hydrogens is 667 g/mol. The summed E-state index contributed by atoms with van der Waals surface area (Å²) in [6.45, 7) is 5.37. The van der Waals surface area contributed by atoms with Gasteiger partial charge in [0, 0.05) is 52.3 Å². The van der Waals surface area contributed by atoms with Crippen molar-refractivity contribution >= 4 is 21.8 Å². The zero-order chi connectivity index (χ0) is 33.1. The van der Waals surface area contributed by atoms with Crippen molar-refractivity contribution < 1.29 is 22.7 Å². The summed E-state index contributed by atoms with van der Waals surface area (Å²) in [5.74, 6) is 0.0857. The van der Waals surface area contributed by atoms with E-state index in [1.807, 2.05) is 34.0 Å². The summed E-state index contributed by atoms with van der Waals surface area (Å²) in [5.41, 5.74) is 1.31. The zero-order valence-corrected chi connectivity index (χ0v) is 27.6. The number of pyridine rings is 1. The SMILES string of the molecule is Cc1cc(C)n(-c2nc3c(c(=O)n2-c2ccc(O[C@H]4C[C@H](N(C)C)C4)nc2)CC(C)N(C(=O)c2ccc(Br)c(C(F)(F)F)c2)C3)n1. The Kier molecular flexibility index (Phi) is 8.30. The van der Waals surface area contributed by atoms with Crippen molar-refractivity contribution in [2.75, 3.05) is 14.1 Å². The fraction of sp³-hybridized carbons (Fsp3) is 0.406. The van der Waals surface area contributed by atoms with Gasteiger partial charge in [0.15, 0.2) is 0 Å². The van der Waals surface area contributed by atoms with Crippen molar-refractivity contribution in [3.63, 3.8) is 0 Å². The average molecular weight is 701 g/mol. The number of aryl methyl sites for hydroxylation is 2. The van der Waals surface area contributed by atoms with Crippen LogP contribution in [-0.4, -0.2) is 72.3 Å². The maximum absolute atomic E-state index is 14.2. The number of nitrogens with zero attached hydrogens (tertiary/aromatic N) is 7. The molecule has 3 aromatic heterocycles. The third-order valence-electron chi connectivity index (χ3n) is 8.64. The van der Waals surface area contributed by atoms with Crippen LogP contribution in [0.4, 0.5) is 13.2 Å². The lowest BCUT2D eigenvalue weighted by atomic mass is 9.88. The molecule has 1 atom stereocenters. The van der Waals surface area contributed by atoms with Crippen molar-refractivity contribution in [2.24, 2.45) is 0 Å². The molecule has 4 heterocycles. The number of amides is 1. The van der Waals surface area contributed by atoms with Crippen LogP contribution in [-0.2, 0) is 19.1 Å². The highest BCUT2D eigenvalue weighted by Crippen LogP contribution is 2.36. The van der Waals surface area contributed by atoms with Crippen molar-refractivity contribution in [1.29, 1.82) is 0 Å². The Bertz CT molecular complexity index is 1860. The first-order valence-corrected chi connectivity index (χ1v) is 15.7. The first kappa shape index (κ1) is 31.9. The van der Waals surface area contributed by atoms with Crippen LogP contribution in [0.15, 0.2) is 51.9 Å². The maximum atomic E-state index is 14.2. The first-order chi connectivity index (χ1) is 21.7. The molecule has 0 saturated heterocycles. The van der Waals surface area contributed by atoms with Crippen LogP contribution in [0.3, 0.4) is 0 Å². The Morgan fingerprint density at radius 3 is 2.46 bits per heavy atom. The number of hydrogen-bond donors (Lipinski definition) is 0. The van der Waals surface area contributed by atoms with Gasteiger partial charge in [-0.2, -0.15) is 18.3 Å². The fourth-order valence-electron chi connectivity index (χ4n) is 5.97. The highest BCUT2D eigenvalue weighted by atomic mass is 79.9. The molecule has 0 N–H and O–H groups in total. The molecule has 46 heavy (non-hydrogen) atoms. The van der Waals surface area contributed by atoms with Crippen molar-refractivity contribution in [3.05, 3.63) is 91.2 Å². The zero-order valence-electron chi connectivity index (χ0n) is 26.0. The number of alkyl halides is 3. The van der Waals surface area contributed by atoms with Crippen LogP contribution in [0.5, 0.6) is 5.88 Å². The normalized spacial score (nSPS) is 19.6. The molecule has 0 radical (unpaired) electrons. The Balaban J connectivity index is 1.36. The molecule has 6 rings (SSSR count). The number of carbonyl (C=O) groups is 1. The third kappa shape index (κ3) is 5.95. The second kappa shape index (κ2) is 12.0. The molecule has 1 aromatic carbocycles. The number of halogens is 4. The lowest BCUT2D eigenvalue weighted by Crippen LogP contribution is -2.46. The van der Waals surface area contributed by atoms with Gasteiger partial charge < -0.3 is 14.5 Å². The molecule has 2 aliphatic rings. The smallest absolute Gasteiger partial charge is 0.417 e. The van der Waals surface area contributed by atoms with E-state index < -0.39 is 23.7 Å². The van der Waals surface area contributed by atoms with Crippen LogP contribution in [0.2, 0.25) is 0 Å². The van der Waals surface area contributed by atoms with Gasteiger partial charge in [0.2, 0.25) is 11.8 Å². The van der Waals surface area contributed by atoms with Gasteiger partial charge in [-0.25, -0.2) is 19.2 Å². The largest absolute Gasteiger partial charge is 0.474 e. The summed E-state index contributed by atoms with van der Waals surface area (Å²) in [7, 11) is 4.09. The van der Waals surface area contributed by atoms with Gasteiger partial charge in [-0.05, 0) is 71.6 Å². The summed E-state index contributed by atoms with van der Waals surface area (Å²) < 4.78 is 49.7. The van der Waals surface area contributed by atoms with Crippen LogP contribution < -0.4 is 10.3 Å². The molecule has 10 nitrogen and oxygen atoms in total. The molecule has 1 amide bonds. The predicted molar refractivity (Wildman–Crippen MR) is 168 cm³/mol. The molecular formula is C32H33BrF3N7O3. The number of aromatic nitrogens is 5. The molecule has 1 aliphatic heterocycles. The molecule has 1 unspecified atom stereocenters. The monoisotopic (exact) mass is 699 g/mol. The number of rotatable bonds is 6. The standard InChI is InChI=1S/C32H33BrF3N7O3/c1-17-10-19(3)43(39-17)31-38-27-16-41(29(44)20-6-8-26(33)25(12-20)32(34,35)36)18(2)11-24(27)30(45)42(31)21-7-9-28(37-15-21)46-23-13-22(14-23)40(4)5/h6-10,12,15,18,22-23H,11,13-14,16H2,1-5H3/t18?,22-,23-. The van der Waals surface area contributed by atoms with Crippen LogP contribution in [0, 0.1) is 13.8 Å². The Labute approximate surface area is 271 Å². The van der Waals surface area contributed by atoms with Crippen LogP contribution >= 0.6 is 15.9 Å². The summed E-state index contributed by atoms with van der Waals surface area (Å²) in [6.07, 6.45) is -1.01. The molecule has 4 aromatic rings. The van der Waals surface area contributed by atoms with Crippen molar-refractivity contribution in [1.82, 2.24) is 34.1 Å². The highest BCUT2D eigenvalue weighted by Gasteiger charge is 2.36. The van der Waals surface area contributed by atoms with Gasteiger partial charge in [-0.15, -0.1) is 0 Å². The molecule has 0 bridgehead atoms. The minimum absolute atomic E-state index is 0.0600. The summed E-state index contributed by atoms with van der Waals surface area (Å²) in [6, 6.07) is 8.74. The van der Waals surface area contributed by atoms with E-state index >= 15 is 0 Å². The van der Waals surface area contributed by atoms with Crippen molar-refractivity contribution in [3.8, 4) is 17.5 Å². The Morgan fingerprint density at radius 1 is 1.11 bits per heavy atom. The summed E-state index contributed by atoms with van der Waals surface area (Å²) in [5, 5.41) is 4.56. The predicted octanol–water partition coefficient (Wildman–Crippen LogP) is 5.27. The van der Waals surface area contributed by atoms with Crippen LogP contribution in [0.1, 0.15) is 58.3 Å². The lowest BCUT2D eigenvalue weighted by Gasteiger charge is -2.39. The van der Waals surface area contributed by atoms with E-state index in [4.69, 9.17) is 9.72 Å². The van der Waals surface area contributed by atoms with Gasteiger partial charge >= 0.3 is 6.18 Å². The Morgan fingerprint density at radius 2 is 1.85 bits per heavy atom. The number of carbonyl (C=O) groups excluding carboxylic acids is 1.